The van der Waals surface area contributed by atoms with Crippen molar-refractivity contribution in [3.05, 3.63) is 47.1 Å². The van der Waals surface area contributed by atoms with E-state index in [9.17, 15) is 4.79 Å². The highest BCUT2D eigenvalue weighted by Crippen LogP contribution is 2.51. The first-order valence-electron chi connectivity index (χ1n) is 9.99. The molecule has 0 N–H and O–H groups in total. The van der Waals surface area contributed by atoms with Crippen molar-refractivity contribution >= 4 is 14.3 Å². The van der Waals surface area contributed by atoms with Crippen molar-refractivity contribution in [2.75, 3.05) is 0 Å². The van der Waals surface area contributed by atoms with Crippen LogP contribution in [0.25, 0.3) is 0 Å². The minimum absolute atomic E-state index is 0.0353. The van der Waals surface area contributed by atoms with Gasteiger partial charge in [-0.25, -0.2) is 4.79 Å². The summed E-state index contributed by atoms with van der Waals surface area (Å²) in [6.45, 7) is 16.9. The molecule has 1 aliphatic heterocycles. The Morgan fingerprint density at radius 1 is 1.22 bits per heavy atom. The fraction of sp³-hybridized carbons (Fsp3) is 0.609. The van der Waals surface area contributed by atoms with Crippen LogP contribution in [0.2, 0.25) is 19.6 Å². The second kappa shape index (κ2) is 7.92. The molecule has 1 aliphatic carbocycles. The van der Waals surface area contributed by atoms with Crippen LogP contribution in [-0.2, 0) is 14.0 Å². The Morgan fingerprint density at radius 2 is 1.89 bits per heavy atom. The Balaban J connectivity index is 2.05. The molecular weight excluding hydrogens is 352 g/mol. The summed E-state index contributed by atoms with van der Waals surface area (Å²) in [4.78, 5) is 11.9. The molecule has 2 aliphatic rings. The maximum atomic E-state index is 11.9. The fourth-order valence-electron chi connectivity index (χ4n) is 4.08. The molecule has 0 aromatic carbocycles. The van der Waals surface area contributed by atoms with Gasteiger partial charge in [-0.1, -0.05) is 32.1 Å². The van der Waals surface area contributed by atoms with Gasteiger partial charge in [-0.3, -0.25) is 0 Å². The Morgan fingerprint density at radius 3 is 2.48 bits per heavy atom. The molecule has 4 heteroatoms. The van der Waals surface area contributed by atoms with E-state index >= 15 is 0 Å². The molecular formula is C23H36O3Si. The normalized spacial score (nSPS) is 28.9. The highest BCUT2D eigenvalue weighted by atomic mass is 28.4. The molecule has 0 spiro atoms. The maximum absolute atomic E-state index is 11.9. The summed E-state index contributed by atoms with van der Waals surface area (Å²) in [7, 11) is -1.84. The molecule has 1 saturated carbocycles. The number of hydrogen-bond acceptors (Lipinski definition) is 3. The van der Waals surface area contributed by atoms with Gasteiger partial charge in [0.25, 0.3) is 0 Å². The van der Waals surface area contributed by atoms with Gasteiger partial charge in [-0.2, -0.15) is 0 Å². The molecule has 27 heavy (non-hydrogen) atoms. The van der Waals surface area contributed by atoms with Crippen molar-refractivity contribution in [1.82, 2.24) is 0 Å². The molecule has 2 unspecified atom stereocenters. The van der Waals surface area contributed by atoms with Crippen LogP contribution in [-0.4, -0.2) is 26.0 Å². The SMILES string of the molecule is CC(/C=C/C=C(\C)C1C=C2C(C)(C)CCCC2(C)O1)=C\C(=O)O[Si](C)(C)C. The lowest BCUT2D eigenvalue weighted by Crippen LogP contribution is -2.39. The first-order chi connectivity index (χ1) is 12.3. The van der Waals surface area contributed by atoms with Gasteiger partial charge in [0.15, 0.2) is 0 Å². The number of fused-ring (bicyclic) bond motifs is 1. The van der Waals surface area contributed by atoms with Gasteiger partial charge >= 0.3 is 5.97 Å². The summed E-state index contributed by atoms with van der Waals surface area (Å²) in [5, 5.41) is 0. The van der Waals surface area contributed by atoms with Gasteiger partial charge in [0.05, 0.1) is 11.7 Å². The molecule has 0 radical (unpaired) electrons. The molecule has 0 bridgehead atoms. The van der Waals surface area contributed by atoms with E-state index < -0.39 is 8.32 Å². The summed E-state index contributed by atoms with van der Waals surface area (Å²) in [6, 6.07) is 0. The highest BCUT2D eigenvalue weighted by Gasteiger charge is 2.47. The van der Waals surface area contributed by atoms with E-state index in [4.69, 9.17) is 9.16 Å². The lowest BCUT2D eigenvalue weighted by Gasteiger charge is -2.42. The Labute approximate surface area is 166 Å². The van der Waals surface area contributed by atoms with Crippen LogP contribution < -0.4 is 0 Å². The van der Waals surface area contributed by atoms with Crippen LogP contribution in [0.15, 0.2) is 47.1 Å². The highest BCUT2D eigenvalue weighted by molar-refractivity contribution is 6.71. The standard InChI is InChI=1S/C23H36O3Si/c1-17(15-21(24)26-27(6,7)8)11-9-12-18(2)19-16-20-22(3,4)13-10-14-23(20,5)25-19/h9,11-12,15-16,19H,10,13-14H2,1-8H3/b11-9+,17-15+,18-12+. The fourth-order valence-corrected chi connectivity index (χ4v) is 4.74. The average Bonchev–Trinajstić information content (AvgIpc) is 2.84. The Bertz CT molecular complexity index is 704. The van der Waals surface area contributed by atoms with Crippen LogP contribution in [0, 0.1) is 5.41 Å². The maximum Gasteiger partial charge on any atom is 0.317 e. The zero-order valence-electron chi connectivity index (χ0n) is 18.3. The van der Waals surface area contributed by atoms with Gasteiger partial charge in [0.1, 0.15) is 0 Å². The smallest absolute Gasteiger partial charge is 0.317 e. The van der Waals surface area contributed by atoms with E-state index in [1.54, 1.807) is 6.08 Å². The van der Waals surface area contributed by atoms with Crippen molar-refractivity contribution in [2.24, 2.45) is 5.41 Å². The molecule has 2 atom stereocenters. The predicted molar refractivity (Wildman–Crippen MR) is 115 cm³/mol. The minimum Gasteiger partial charge on any atom is -0.517 e. The van der Waals surface area contributed by atoms with Crippen molar-refractivity contribution in [1.29, 1.82) is 0 Å². The summed E-state index contributed by atoms with van der Waals surface area (Å²) < 4.78 is 11.9. The molecule has 1 fully saturated rings. The van der Waals surface area contributed by atoms with E-state index in [0.717, 1.165) is 12.0 Å². The van der Waals surface area contributed by atoms with E-state index in [0.29, 0.717) is 0 Å². The van der Waals surface area contributed by atoms with E-state index in [1.165, 1.54) is 24.0 Å². The predicted octanol–water partition coefficient (Wildman–Crippen LogP) is 6.11. The minimum atomic E-state index is -1.84. The summed E-state index contributed by atoms with van der Waals surface area (Å²) in [6.07, 6.45) is 13.5. The lowest BCUT2D eigenvalue weighted by molar-refractivity contribution is -0.129. The first-order valence-corrected chi connectivity index (χ1v) is 13.4. The number of hydrogen-bond donors (Lipinski definition) is 0. The van der Waals surface area contributed by atoms with Crippen molar-refractivity contribution in [2.45, 2.75) is 85.2 Å². The zero-order valence-corrected chi connectivity index (χ0v) is 19.3. The number of allylic oxidation sites excluding steroid dienone is 4. The topological polar surface area (TPSA) is 35.5 Å². The van der Waals surface area contributed by atoms with Crippen molar-refractivity contribution in [3.8, 4) is 0 Å². The van der Waals surface area contributed by atoms with E-state index in [1.807, 2.05) is 38.7 Å². The van der Waals surface area contributed by atoms with Crippen molar-refractivity contribution < 1.29 is 14.0 Å². The number of carbonyl (C=O) groups excluding carboxylic acids is 1. The van der Waals surface area contributed by atoms with E-state index in [-0.39, 0.29) is 23.1 Å². The van der Waals surface area contributed by atoms with Crippen LogP contribution >= 0.6 is 0 Å². The monoisotopic (exact) mass is 388 g/mol. The third kappa shape index (κ3) is 5.79. The molecule has 0 saturated heterocycles. The van der Waals surface area contributed by atoms with E-state index in [2.05, 4.69) is 39.8 Å². The van der Waals surface area contributed by atoms with Gasteiger partial charge in [0, 0.05) is 6.08 Å². The quantitative estimate of drug-likeness (QED) is 0.247. The molecule has 0 aromatic heterocycles. The van der Waals surface area contributed by atoms with Crippen LogP contribution in [0.5, 0.6) is 0 Å². The number of rotatable bonds is 5. The van der Waals surface area contributed by atoms with Crippen molar-refractivity contribution in [3.63, 3.8) is 0 Å². The molecule has 150 valence electrons. The Kier molecular flexibility index (Phi) is 6.43. The molecule has 0 amide bonds. The molecule has 0 aromatic rings. The van der Waals surface area contributed by atoms with Gasteiger partial charge in [-0.05, 0) is 87.9 Å². The zero-order chi connectivity index (χ0) is 20.5. The number of ether oxygens (including phenoxy) is 1. The molecule has 3 nitrogen and oxygen atoms in total. The second-order valence-corrected chi connectivity index (χ2v) is 14.2. The summed E-state index contributed by atoms with van der Waals surface area (Å²) >= 11 is 0. The van der Waals surface area contributed by atoms with Crippen LogP contribution in [0.3, 0.4) is 0 Å². The largest absolute Gasteiger partial charge is 0.517 e. The third-order valence-corrected chi connectivity index (χ3v) is 6.19. The number of carbonyl (C=O) groups is 1. The second-order valence-electron chi connectivity index (χ2n) is 9.78. The molecule has 2 rings (SSSR count). The summed E-state index contributed by atoms with van der Waals surface area (Å²) in [5.74, 6) is -0.250. The molecule has 1 heterocycles. The van der Waals surface area contributed by atoms with Gasteiger partial charge < -0.3 is 9.16 Å². The van der Waals surface area contributed by atoms with Crippen LogP contribution in [0.4, 0.5) is 0 Å². The Hall–Kier alpha value is -1.39. The summed E-state index contributed by atoms with van der Waals surface area (Å²) in [5.41, 5.74) is 3.61. The average molecular weight is 389 g/mol. The van der Waals surface area contributed by atoms with Gasteiger partial charge in [-0.15, -0.1) is 0 Å². The van der Waals surface area contributed by atoms with Gasteiger partial charge in [0.2, 0.25) is 8.32 Å². The first kappa shape index (κ1) is 21.9. The van der Waals surface area contributed by atoms with Crippen LogP contribution in [0.1, 0.15) is 53.9 Å². The lowest BCUT2D eigenvalue weighted by atomic mass is 9.67. The third-order valence-electron chi connectivity index (χ3n) is 5.38.